The predicted octanol–water partition coefficient (Wildman–Crippen LogP) is 0.734. The van der Waals surface area contributed by atoms with E-state index in [1.165, 1.54) is 6.92 Å². The molecule has 0 aliphatic heterocycles. The maximum Gasteiger partial charge on any atom is 0.328 e. The molecule has 20 heavy (non-hydrogen) atoms. The van der Waals surface area contributed by atoms with Gasteiger partial charge >= 0.3 is 12.0 Å². The van der Waals surface area contributed by atoms with Crippen LogP contribution in [0.4, 0.5) is 4.79 Å². The fourth-order valence-corrected chi connectivity index (χ4v) is 1.68. The lowest BCUT2D eigenvalue weighted by Gasteiger charge is -2.19. The van der Waals surface area contributed by atoms with Gasteiger partial charge in [-0.2, -0.15) is 0 Å². The zero-order chi connectivity index (χ0) is 15.1. The molecule has 0 saturated heterocycles. The molecule has 3 atom stereocenters. The Morgan fingerprint density at radius 1 is 1.35 bits per heavy atom. The lowest BCUT2D eigenvalue weighted by molar-refractivity contribution is -0.141. The van der Waals surface area contributed by atoms with Crippen LogP contribution in [0.5, 0.6) is 0 Å². The highest BCUT2D eigenvalue weighted by atomic mass is 16.4. The second-order valence-corrected chi connectivity index (χ2v) is 4.69. The maximum atomic E-state index is 11.6. The molecular weight excluding hydrogens is 264 g/mol. The van der Waals surface area contributed by atoms with Crippen molar-refractivity contribution in [3.8, 4) is 0 Å². The predicted molar refractivity (Wildman–Crippen MR) is 71.3 cm³/mol. The summed E-state index contributed by atoms with van der Waals surface area (Å²) in [6.07, 6.45) is 1.75. The van der Waals surface area contributed by atoms with Gasteiger partial charge in [0.15, 0.2) is 6.04 Å². The molecule has 0 aliphatic carbocycles. The molecule has 3 unspecified atom stereocenters. The van der Waals surface area contributed by atoms with Gasteiger partial charge in [-0.1, -0.05) is 0 Å². The first-order valence-electron chi connectivity index (χ1n) is 6.40. The Morgan fingerprint density at radius 3 is 2.55 bits per heavy atom. The van der Waals surface area contributed by atoms with E-state index in [1.807, 2.05) is 6.07 Å². The Hall–Kier alpha value is -2.02. The molecule has 7 nitrogen and oxygen atoms in total. The van der Waals surface area contributed by atoms with Gasteiger partial charge in [-0.15, -0.1) is 0 Å². The molecule has 0 spiro atoms. The van der Waals surface area contributed by atoms with Gasteiger partial charge in [0.25, 0.3) is 0 Å². The van der Waals surface area contributed by atoms with Crippen LogP contribution in [0.2, 0.25) is 0 Å². The van der Waals surface area contributed by atoms with Crippen LogP contribution in [-0.2, 0) is 11.2 Å². The molecule has 4 N–H and O–H groups in total. The van der Waals surface area contributed by atoms with Crippen molar-refractivity contribution in [1.82, 2.24) is 10.6 Å². The van der Waals surface area contributed by atoms with E-state index in [1.54, 1.807) is 19.3 Å². The molecule has 1 heterocycles. The van der Waals surface area contributed by atoms with E-state index in [2.05, 4.69) is 10.6 Å². The second-order valence-electron chi connectivity index (χ2n) is 4.69. The molecule has 0 radical (unpaired) electrons. The van der Waals surface area contributed by atoms with Gasteiger partial charge in [-0.05, 0) is 32.4 Å². The first kappa shape index (κ1) is 16.0. The molecule has 0 fully saturated rings. The lowest BCUT2D eigenvalue weighted by atomic mass is 10.1. The number of amides is 2. The number of hydrogen-bond acceptors (Lipinski definition) is 4. The number of carboxylic acid groups (broad SMARTS) is 1. The molecule has 0 aromatic carbocycles. The average molecular weight is 284 g/mol. The summed E-state index contributed by atoms with van der Waals surface area (Å²) in [5.41, 5.74) is 0. The molecule has 112 valence electrons. The number of nitrogens with one attached hydrogen (secondary N) is 2. The Balaban J connectivity index is 2.35. The SMILES string of the molecule is CC(CCc1ccco1)NC(=O)NC(C(=O)O)C(C)O. The van der Waals surface area contributed by atoms with E-state index >= 15 is 0 Å². The topological polar surface area (TPSA) is 112 Å². The number of furan rings is 1. The number of aliphatic hydroxyl groups is 1. The van der Waals surface area contributed by atoms with Gasteiger partial charge in [0, 0.05) is 12.5 Å². The number of hydrogen-bond donors (Lipinski definition) is 4. The van der Waals surface area contributed by atoms with Crippen LogP contribution in [0.1, 0.15) is 26.0 Å². The van der Waals surface area contributed by atoms with Gasteiger partial charge < -0.3 is 25.3 Å². The van der Waals surface area contributed by atoms with Gasteiger partial charge in [0.05, 0.1) is 12.4 Å². The van der Waals surface area contributed by atoms with Gasteiger partial charge in [-0.3, -0.25) is 0 Å². The molecule has 1 rings (SSSR count). The third-order valence-corrected chi connectivity index (χ3v) is 2.82. The fourth-order valence-electron chi connectivity index (χ4n) is 1.68. The summed E-state index contributed by atoms with van der Waals surface area (Å²) >= 11 is 0. The zero-order valence-corrected chi connectivity index (χ0v) is 11.5. The van der Waals surface area contributed by atoms with Crippen molar-refractivity contribution in [1.29, 1.82) is 0 Å². The van der Waals surface area contributed by atoms with Crippen molar-refractivity contribution in [3.05, 3.63) is 24.2 Å². The molecule has 0 aliphatic rings. The van der Waals surface area contributed by atoms with E-state index in [-0.39, 0.29) is 6.04 Å². The molecule has 0 bridgehead atoms. The van der Waals surface area contributed by atoms with Crippen molar-refractivity contribution in [2.45, 2.75) is 44.9 Å². The highest BCUT2D eigenvalue weighted by Crippen LogP contribution is 2.05. The van der Waals surface area contributed by atoms with Crippen LogP contribution < -0.4 is 10.6 Å². The molecule has 1 aromatic rings. The second kappa shape index (κ2) is 7.54. The standard InChI is InChI=1S/C13H20N2O5/c1-8(5-6-10-4-3-7-20-10)14-13(19)15-11(9(2)16)12(17)18/h3-4,7-9,11,16H,5-6H2,1-2H3,(H,17,18)(H2,14,15,19). The summed E-state index contributed by atoms with van der Waals surface area (Å²) < 4.78 is 5.18. The Bertz CT molecular complexity index is 430. The van der Waals surface area contributed by atoms with Crippen LogP contribution >= 0.6 is 0 Å². The highest BCUT2D eigenvalue weighted by molar-refractivity contribution is 5.83. The Kier molecular flexibility index (Phi) is 6.05. The average Bonchev–Trinajstić information content (AvgIpc) is 2.85. The summed E-state index contributed by atoms with van der Waals surface area (Å²) in [6.45, 7) is 3.11. The number of aryl methyl sites for hydroxylation is 1. The number of carboxylic acids is 1. The summed E-state index contributed by atoms with van der Waals surface area (Å²) in [5.74, 6) is -0.454. The third-order valence-electron chi connectivity index (χ3n) is 2.82. The van der Waals surface area contributed by atoms with Crippen molar-refractivity contribution in [3.63, 3.8) is 0 Å². The van der Waals surface area contributed by atoms with Crippen molar-refractivity contribution < 1.29 is 24.2 Å². The summed E-state index contributed by atoms with van der Waals surface area (Å²) in [5, 5.41) is 22.9. The monoisotopic (exact) mass is 284 g/mol. The summed E-state index contributed by atoms with van der Waals surface area (Å²) in [6, 6.07) is 1.54. The molecule has 1 aromatic heterocycles. The number of urea groups is 1. The van der Waals surface area contributed by atoms with Crippen molar-refractivity contribution >= 4 is 12.0 Å². The number of aliphatic hydroxyl groups excluding tert-OH is 1. The fraction of sp³-hybridized carbons (Fsp3) is 0.538. The van der Waals surface area contributed by atoms with Gasteiger partial charge in [-0.25, -0.2) is 9.59 Å². The highest BCUT2D eigenvalue weighted by Gasteiger charge is 2.25. The Labute approximate surface area is 117 Å². The van der Waals surface area contributed by atoms with Gasteiger partial charge in [0.2, 0.25) is 0 Å². The number of carbonyl (C=O) groups is 2. The van der Waals surface area contributed by atoms with E-state index in [9.17, 15) is 14.7 Å². The van der Waals surface area contributed by atoms with Crippen LogP contribution in [0.15, 0.2) is 22.8 Å². The molecule has 0 saturated carbocycles. The lowest BCUT2D eigenvalue weighted by Crippen LogP contribution is -2.52. The molecule has 2 amide bonds. The summed E-state index contributed by atoms with van der Waals surface area (Å²) in [4.78, 5) is 22.4. The van der Waals surface area contributed by atoms with Crippen LogP contribution in [0, 0.1) is 0 Å². The number of aliphatic carboxylic acids is 1. The van der Waals surface area contributed by atoms with Crippen LogP contribution in [0.25, 0.3) is 0 Å². The molecule has 7 heteroatoms. The third kappa shape index (κ3) is 5.31. The maximum absolute atomic E-state index is 11.6. The Morgan fingerprint density at radius 2 is 2.05 bits per heavy atom. The quantitative estimate of drug-likeness (QED) is 0.590. The summed E-state index contributed by atoms with van der Waals surface area (Å²) in [7, 11) is 0. The van der Waals surface area contributed by atoms with E-state index in [0.29, 0.717) is 12.8 Å². The van der Waals surface area contributed by atoms with Gasteiger partial charge in [0.1, 0.15) is 5.76 Å². The zero-order valence-electron chi connectivity index (χ0n) is 11.5. The van der Waals surface area contributed by atoms with E-state index < -0.39 is 24.1 Å². The van der Waals surface area contributed by atoms with E-state index in [0.717, 1.165) is 5.76 Å². The van der Waals surface area contributed by atoms with Crippen LogP contribution in [-0.4, -0.2) is 40.4 Å². The normalized spacial score (nSPS) is 15.2. The smallest absolute Gasteiger partial charge is 0.328 e. The number of rotatable bonds is 7. The first-order chi connectivity index (χ1) is 9.40. The minimum Gasteiger partial charge on any atom is -0.480 e. The van der Waals surface area contributed by atoms with Crippen LogP contribution in [0.3, 0.4) is 0 Å². The van der Waals surface area contributed by atoms with Crippen molar-refractivity contribution in [2.24, 2.45) is 0 Å². The first-order valence-corrected chi connectivity index (χ1v) is 6.40. The molecular formula is C13H20N2O5. The largest absolute Gasteiger partial charge is 0.480 e. The van der Waals surface area contributed by atoms with E-state index in [4.69, 9.17) is 9.52 Å². The number of carbonyl (C=O) groups excluding carboxylic acids is 1. The van der Waals surface area contributed by atoms with Crippen molar-refractivity contribution in [2.75, 3.05) is 0 Å². The minimum absolute atomic E-state index is 0.149. The minimum atomic E-state index is -1.33.